The van der Waals surface area contributed by atoms with Crippen molar-refractivity contribution >= 4 is 34.9 Å². The van der Waals surface area contributed by atoms with Crippen molar-refractivity contribution in [2.24, 2.45) is 0 Å². The van der Waals surface area contributed by atoms with Gasteiger partial charge in [0.25, 0.3) is 0 Å². The number of carbonyl (C=O) groups excluding carboxylic acids is 2. The van der Waals surface area contributed by atoms with E-state index in [9.17, 15) is 9.59 Å². The molecule has 118 valence electrons. The fourth-order valence-corrected chi connectivity index (χ4v) is 2.67. The molecule has 3 amide bonds. The fraction of sp³-hybridized carbons (Fsp3) is 0.176. The van der Waals surface area contributed by atoms with Crippen LogP contribution in [-0.4, -0.2) is 24.5 Å². The predicted octanol–water partition coefficient (Wildman–Crippen LogP) is 3.27. The van der Waals surface area contributed by atoms with Gasteiger partial charge in [-0.3, -0.25) is 4.79 Å². The van der Waals surface area contributed by atoms with Gasteiger partial charge in [-0.1, -0.05) is 29.8 Å². The van der Waals surface area contributed by atoms with Crippen molar-refractivity contribution in [1.29, 1.82) is 0 Å². The van der Waals surface area contributed by atoms with E-state index >= 15 is 0 Å². The van der Waals surface area contributed by atoms with Crippen LogP contribution in [0.4, 0.5) is 16.2 Å². The van der Waals surface area contributed by atoms with E-state index in [0.717, 1.165) is 5.69 Å². The standard InChI is InChI=1S/C17H16ClN3O2/c18-12-6-8-13(9-7-12)19-17(23)20-14-10-16(22)21(11-14)15-4-2-1-3-5-15/h1-9,14H,10-11H2,(H2,19,20,23). The molecule has 6 heteroatoms. The maximum absolute atomic E-state index is 12.1. The Morgan fingerprint density at radius 1 is 1.09 bits per heavy atom. The maximum atomic E-state index is 12.1. The Hall–Kier alpha value is -2.53. The molecule has 1 aliphatic rings. The van der Waals surface area contributed by atoms with Crippen LogP contribution in [0.25, 0.3) is 0 Å². The van der Waals surface area contributed by atoms with E-state index in [0.29, 0.717) is 23.7 Å². The lowest BCUT2D eigenvalue weighted by Gasteiger charge is -2.17. The predicted molar refractivity (Wildman–Crippen MR) is 90.8 cm³/mol. The molecule has 2 aromatic carbocycles. The Kier molecular flexibility index (Phi) is 4.48. The number of nitrogens with one attached hydrogen (secondary N) is 2. The molecule has 1 fully saturated rings. The van der Waals surface area contributed by atoms with Crippen LogP contribution in [0.1, 0.15) is 6.42 Å². The summed E-state index contributed by atoms with van der Waals surface area (Å²) in [6.07, 6.45) is 0.295. The summed E-state index contributed by atoms with van der Waals surface area (Å²) in [5, 5.41) is 6.16. The lowest BCUT2D eigenvalue weighted by Crippen LogP contribution is -2.39. The number of rotatable bonds is 3. The largest absolute Gasteiger partial charge is 0.333 e. The number of amides is 3. The minimum atomic E-state index is -0.333. The highest BCUT2D eigenvalue weighted by atomic mass is 35.5. The highest BCUT2D eigenvalue weighted by Crippen LogP contribution is 2.21. The number of nitrogens with zero attached hydrogens (tertiary/aromatic N) is 1. The number of carbonyl (C=O) groups is 2. The van der Waals surface area contributed by atoms with Crippen molar-refractivity contribution in [2.75, 3.05) is 16.8 Å². The molecule has 1 atom stereocenters. The molecular formula is C17H16ClN3O2. The van der Waals surface area contributed by atoms with Crippen molar-refractivity contribution in [3.63, 3.8) is 0 Å². The first-order valence-electron chi connectivity index (χ1n) is 7.30. The van der Waals surface area contributed by atoms with E-state index in [2.05, 4.69) is 10.6 Å². The van der Waals surface area contributed by atoms with Gasteiger partial charge in [0.1, 0.15) is 0 Å². The number of anilines is 2. The normalized spacial score (nSPS) is 17.2. The van der Waals surface area contributed by atoms with Gasteiger partial charge in [0.05, 0.1) is 6.04 Å². The second-order valence-electron chi connectivity index (χ2n) is 5.35. The molecule has 1 unspecified atom stereocenters. The minimum Gasteiger partial charge on any atom is -0.333 e. The highest BCUT2D eigenvalue weighted by molar-refractivity contribution is 6.30. The van der Waals surface area contributed by atoms with Crippen LogP contribution in [0, 0.1) is 0 Å². The van der Waals surface area contributed by atoms with Gasteiger partial charge in [-0.05, 0) is 36.4 Å². The van der Waals surface area contributed by atoms with Crippen molar-refractivity contribution in [3.8, 4) is 0 Å². The van der Waals surface area contributed by atoms with Crippen LogP contribution in [0.3, 0.4) is 0 Å². The van der Waals surface area contributed by atoms with Crippen LogP contribution in [0.2, 0.25) is 5.02 Å². The molecule has 0 bridgehead atoms. The van der Waals surface area contributed by atoms with Gasteiger partial charge in [0.15, 0.2) is 0 Å². The summed E-state index contributed by atoms with van der Waals surface area (Å²) in [5.41, 5.74) is 1.50. The smallest absolute Gasteiger partial charge is 0.319 e. The Bertz CT molecular complexity index is 704. The molecule has 0 spiro atoms. The summed E-state index contributed by atoms with van der Waals surface area (Å²) in [4.78, 5) is 25.8. The lowest BCUT2D eigenvalue weighted by molar-refractivity contribution is -0.117. The Morgan fingerprint density at radius 2 is 1.78 bits per heavy atom. The van der Waals surface area contributed by atoms with Gasteiger partial charge in [-0.25, -0.2) is 4.79 Å². The van der Waals surface area contributed by atoms with E-state index in [-0.39, 0.29) is 18.0 Å². The Balaban J connectivity index is 1.57. The van der Waals surface area contributed by atoms with Crippen LogP contribution in [0.15, 0.2) is 54.6 Å². The molecule has 1 heterocycles. The summed E-state index contributed by atoms with van der Waals surface area (Å²) >= 11 is 5.80. The molecule has 0 aromatic heterocycles. The summed E-state index contributed by atoms with van der Waals surface area (Å²) in [6, 6.07) is 15.7. The maximum Gasteiger partial charge on any atom is 0.319 e. The Morgan fingerprint density at radius 3 is 2.48 bits per heavy atom. The summed E-state index contributed by atoms with van der Waals surface area (Å²) in [5.74, 6) is 0.00740. The van der Waals surface area contributed by atoms with Crippen LogP contribution < -0.4 is 15.5 Å². The first-order chi connectivity index (χ1) is 11.1. The zero-order valence-corrected chi connectivity index (χ0v) is 13.1. The third-order valence-electron chi connectivity index (χ3n) is 3.63. The monoisotopic (exact) mass is 329 g/mol. The minimum absolute atomic E-state index is 0.00740. The molecule has 3 rings (SSSR count). The molecule has 1 aliphatic heterocycles. The molecule has 0 saturated carbocycles. The van der Waals surface area contributed by atoms with Gasteiger partial charge in [0, 0.05) is 29.4 Å². The average molecular weight is 330 g/mol. The van der Waals surface area contributed by atoms with Crippen molar-refractivity contribution in [1.82, 2.24) is 5.32 Å². The molecule has 1 saturated heterocycles. The zero-order valence-electron chi connectivity index (χ0n) is 12.3. The molecule has 0 radical (unpaired) electrons. The van der Waals surface area contributed by atoms with Crippen LogP contribution in [-0.2, 0) is 4.79 Å². The second kappa shape index (κ2) is 6.71. The number of benzene rings is 2. The summed E-state index contributed by atoms with van der Waals surface area (Å²) in [6.45, 7) is 0.469. The fourth-order valence-electron chi connectivity index (χ4n) is 2.55. The quantitative estimate of drug-likeness (QED) is 0.908. The molecule has 5 nitrogen and oxygen atoms in total. The lowest BCUT2D eigenvalue weighted by atomic mass is 10.2. The first kappa shape index (κ1) is 15.4. The van der Waals surface area contributed by atoms with Crippen LogP contribution in [0.5, 0.6) is 0 Å². The van der Waals surface area contributed by atoms with Crippen LogP contribution >= 0.6 is 11.6 Å². The zero-order chi connectivity index (χ0) is 16.2. The van der Waals surface area contributed by atoms with E-state index in [1.165, 1.54) is 0 Å². The van der Waals surface area contributed by atoms with Crippen molar-refractivity contribution in [2.45, 2.75) is 12.5 Å². The molecule has 2 N–H and O–H groups in total. The number of halogens is 1. The van der Waals surface area contributed by atoms with Crippen molar-refractivity contribution < 1.29 is 9.59 Å². The third-order valence-corrected chi connectivity index (χ3v) is 3.88. The number of urea groups is 1. The highest BCUT2D eigenvalue weighted by Gasteiger charge is 2.31. The number of hydrogen-bond acceptors (Lipinski definition) is 2. The van der Waals surface area contributed by atoms with E-state index in [4.69, 9.17) is 11.6 Å². The van der Waals surface area contributed by atoms with E-state index < -0.39 is 0 Å². The number of para-hydroxylation sites is 1. The van der Waals surface area contributed by atoms with Gasteiger partial charge >= 0.3 is 6.03 Å². The molecule has 23 heavy (non-hydrogen) atoms. The van der Waals surface area contributed by atoms with Crippen molar-refractivity contribution in [3.05, 3.63) is 59.6 Å². The molecule has 0 aliphatic carbocycles. The number of hydrogen-bond donors (Lipinski definition) is 2. The van der Waals surface area contributed by atoms with Gasteiger partial charge in [0.2, 0.25) is 5.91 Å². The van der Waals surface area contributed by atoms with Gasteiger partial charge < -0.3 is 15.5 Å². The van der Waals surface area contributed by atoms with E-state index in [1.807, 2.05) is 30.3 Å². The summed E-state index contributed by atoms with van der Waals surface area (Å²) in [7, 11) is 0. The van der Waals surface area contributed by atoms with Gasteiger partial charge in [-0.2, -0.15) is 0 Å². The van der Waals surface area contributed by atoms with Gasteiger partial charge in [-0.15, -0.1) is 0 Å². The Labute approximate surface area is 139 Å². The molecule has 2 aromatic rings. The molecular weight excluding hydrogens is 314 g/mol. The first-order valence-corrected chi connectivity index (χ1v) is 7.68. The SMILES string of the molecule is O=C(Nc1ccc(Cl)cc1)NC1CC(=O)N(c2ccccc2)C1. The topological polar surface area (TPSA) is 61.4 Å². The average Bonchev–Trinajstić information content (AvgIpc) is 2.91. The second-order valence-corrected chi connectivity index (χ2v) is 5.78. The third kappa shape index (κ3) is 3.81. The van der Waals surface area contributed by atoms with E-state index in [1.54, 1.807) is 29.2 Å². The summed E-state index contributed by atoms with van der Waals surface area (Å²) < 4.78 is 0.